The smallest absolute Gasteiger partial charge is 0.422 e. The van der Waals surface area contributed by atoms with E-state index in [4.69, 9.17) is 10.5 Å². The minimum absolute atomic E-state index is 0.0611. The van der Waals surface area contributed by atoms with E-state index in [1.54, 1.807) is 36.4 Å². The molecule has 19 heavy (non-hydrogen) atoms. The van der Waals surface area contributed by atoms with E-state index in [1.807, 2.05) is 6.07 Å². The molecular formula is C14H12F3NO. The molecule has 0 aliphatic heterocycles. The van der Waals surface area contributed by atoms with E-state index < -0.39 is 12.8 Å². The Labute approximate surface area is 108 Å². The average molecular weight is 267 g/mol. The lowest BCUT2D eigenvalue weighted by atomic mass is 10.0. The number of alkyl halides is 3. The van der Waals surface area contributed by atoms with Crippen molar-refractivity contribution in [2.75, 3.05) is 12.3 Å². The summed E-state index contributed by atoms with van der Waals surface area (Å²) >= 11 is 0. The molecule has 0 saturated carbocycles. The van der Waals surface area contributed by atoms with E-state index in [0.29, 0.717) is 5.56 Å². The van der Waals surface area contributed by atoms with Gasteiger partial charge in [-0.25, -0.2) is 0 Å². The first-order valence-corrected chi connectivity index (χ1v) is 5.61. The van der Waals surface area contributed by atoms with Crippen LogP contribution in [-0.2, 0) is 0 Å². The molecule has 2 rings (SSSR count). The number of benzene rings is 2. The third kappa shape index (κ3) is 3.40. The van der Waals surface area contributed by atoms with E-state index in [2.05, 4.69) is 0 Å². The van der Waals surface area contributed by atoms with E-state index >= 15 is 0 Å². The minimum Gasteiger partial charge on any atom is -0.481 e. The van der Waals surface area contributed by atoms with Crippen LogP contribution < -0.4 is 10.5 Å². The number of para-hydroxylation sites is 1. The van der Waals surface area contributed by atoms with Gasteiger partial charge in [-0.2, -0.15) is 13.2 Å². The zero-order chi connectivity index (χ0) is 13.9. The van der Waals surface area contributed by atoms with E-state index in [0.717, 1.165) is 5.56 Å². The normalized spacial score (nSPS) is 11.3. The fourth-order valence-corrected chi connectivity index (χ4v) is 1.71. The summed E-state index contributed by atoms with van der Waals surface area (Å²) in [5.41, 5.74) is 7.18. The number of ether oxygens (including phenoxy) is 1. The van der Waals surface area contributed by atoms with Crippen molar-refractivity contribution in [1.82, 2.24) is 0 Å². The Hall–Kier alpha value is -2.17. The summed E-state index contributed by atoms with van der Waals surface area (Å²) in [5, 5.41) is 0. The molecule has 0 spiro atoms. The highest BCUT2D eigenvalue weighted by molar-refractivity contribution is 5.77. The molecule has 0 fully saturated rings. The molecule has 100 valence electrons. The summed E-state index contributed by atoms with van der Waals surface area (Å²) < 4.78 is 41.6. The number of hydrogen-bond donors (Lipinski definition) is 1. The van der Waals surface area contributed by atoms with Crippen LogP contribution in [0, 0.1) is 0 Å². The third-order valence-electron chi connectivity index (χ3n) is 2.51. The lowest BCUT2D eigenvalue weighted by Gasteiger charge is -2.15. The molecule has 0 aliphatic rings. The SMILES string of the molecule is Nc1cccc(-c2ccccc2)c1OCC(F)(F)F. The Morgan fingerprint density at radius 3 is 2.26 bits per heavy atom. The molecule has 0 bridgehead atoms. The fourth-order valence-electron chi connectivity index (χ4n) is 1.71. The molecule has 0 aliphatic carbocycles. The first-order chi connectivity index (χ1) is 8.97. The van der Waals surface area contributed by atoms with Crippen molar-refractivity contribution >= 4 is 5.69 Å². The molecule has 0 saturated heterocycles. The van der Waals surface area contributed by atoms with Gasteiger partial charge >= 0.3 is 6.18 Å². The maximum absolute atomic E-state index is 12.2. The summed E-state index contributed by atoms with van der Waals surface area (Å²) in [6.45, 7) is -1.36. The molecule has 0 heterocycles. The van der Waals surface area contributed by atoms with Gasteiger partial charge in [0.05, 0.1) is 5.69 Å². The molecule has 0 atom stereocenters. The summed E-state index contributed by atoms with van der Waals surface area (Å²) in [7, 11) is 0. The molecule has 5 heteroatoms. The Morgan fingerprint density at radius 1 is 0.947 bits per heavy atom. The quantitative estimate of drug-likeness (QED) is 0.856. The van der Waals surface area contributed by atoms with Gasteiger partial charge in [-0.1, -0.05) is 42.5 Å². The first kappa shape index (κ1) is 13.3. The summed E-state index contributed by atoms with van der Waals surface area (Å²) in [4.78, 5) is 0. The Bertz CT molecular complexity index is 552. The number of nitrogens with two attached hydrogens (primary N) is 1. The second-order valence-corrected chi connectivity index (χ2v) is 3.99. The van der Waals surface area contributed by atoms with Gasteiger partial charge in [0.1, 0.15) is 5.75 Å². The standard InChI is InChI=1S/C14H12F3NO/c15-14(16,17)9-19-13-11(7-4-8-12(13)18)10-5-2-1-3-6-10/h1-8H,9,18H2. The predicted octanol–water partition coefficient (Wildman–Crippen LogP) is 3.88. The zero-order valence-electron chi connectivity index (χ0n) is 9.95. The van der Waals surface area contributed by atoms with Gasteiger partial charge in [-0.05, 0) is 11.6 Å². The lowest BCUT2D eigenvalue weighted by Crippen LogP contribution is -2.20. The van der Waals surface area contributed by atoms with Gasteiger partial charge in [0.15, 0.2) is 6.61 Å². The van der Waals surface area contributed by atoms with Crippen LogP contribution in [0.3, 0.4) is 0 Å². The third-order valence-corrected chi connectivity index (χ3v) is 2.51. The van der Waals surface area contributed by atoms with Gasteiger partial charge in [-0.15, -0.1) is 0 Å². The molecule has 0 unspecified atom stereocenters. The molecule has 2 aromatic carbocycles. The van der Waals surface area contributed by atoms with Crippen LogP contribution in [-0.4, -0.2) is 12.8 Å². The highest BCUT2D eigenvalue weighted by Gasteiger charge is 2.29. The van der Waals surface area contributed by atoms with Crippen LogP contribution >= 0.6 is 0 Å². The number of nitrogen functional groups attached to an aromatic ring is 1. The maximum Gasteiger partial charge on any atom is 0.422 e. The van der Waals surface area contributed by atoms with E-state index in [9.17, 15) is 13.2 Å². The number of halogens is 3. The van der Waals surface area contributed by atoms with Crippen LogP contribution in [0.1, 0.15) is 0 Å². The van der Waals surface area contributed by atoms with Crippen molar-refractivity contribution in [2.45, 2.75) is 6.18 Å². The highest BCUT2D eigenvalue weighted by atomic mass is 19.4. The fraction of sp³-hybridized carbons (Fsp3) is 0.143. The number of hydrogen-bond acceptors (Lipinski definition) is 2. The van der Waals surface area contributed by atoms with E-state index in [-0.39, 0.29) is 11.4 Å². The van der Waals surface area contributed by atoms with Crippen LogP contribution in [0.4, 0.5) is 18.9 Å². The van der Waals surface area contributed by atoms with E-state index in [1.165, 1.54) is 6.07 Å². The van der Waals surface area contributed by atoms with Crippen molar-refractivity contribution in [3.8, 4) is 16.9 Å². The van der Waals surface area contributed by atoms with Gasteiger partial charge in [0.25, 0.3) is 0 Å². The topological polar surface area (TPSA) is 35.2 Å². The maximum atomic E-state index is 12.2. The van der Waals surface area contributed by atoms with Crippen molar-refractivity contribution in [1.29, 1.82) is 0 Å². The zero-order valence-corrected chi connectivity index (χ0v) is 9.95. The van der Waals surface area contributed by atoms with Crippen molar-refractivity contribution < 1.29 is 17.9 Å². The average Bonchev–Trinajstić information content (AvgIpc) is 2.37. The number of rotatable bonds is 3. The molecular weight excluding hydrogens is 255 g/mol. The Morgan fingerprint density at radius 2 is 1.63 bits per heavy atom. The Kier molecular flexibility index (Phi) is 3.64. The van der Waals surface area contributed by atoms with Gasteiger partial charge in [-0.3, -0.25) is 0 Å². The predicted molar refractivity (Wildman–Crippen MR) is 67.8 cm³/mol. The van der Waals surface area contributed by atoms with Crippen molar-refractivity contribution in [3.63, 3.8) is 0 Å². The van der Waals surface area contributed by atoms with Crippen LogP contribution in [0.25, 0.3) is 11.1 Å². The molecule has 2 aromatic rings. The highest BCUT2D eigenvalue weighted by Crippen LogP contribution is 2.35. The largest absolute Gasteiger partial charge is 0.481 e. The monoisotopic (exact) mass is 267 g/mol. The Balaban J connectivity index is 2.37. The molecule has 0 radical (unpaired) electrons. The first-order valence-electron chi connectivity index (χ1n) is 5.61. The van der Waals surface area contributed by atoms with Crippen LogP contribution in [0.2, 0.25) is 0 Å². The van der Waals surface area contributed by atoms with Crippen molar-refractivity contribution in [3.05, 3.63) is 48.5 Å². The number of anilines is 1. The molecule has 0 aromatic heterocycles. The van der Waals surface area contributed by atoms with Crippen LogP contribution in [0.15, 0.2) is 48.5 Å². The van der Waals surface area contributed by atoms with Crippen LogP contribution in [0.5, 0.6) is 5.75 Å². The summed E-state index contributed by atoms with van der Waals surface area (Å²) in [6, 6.07) is 13.9. The summed E-state index contributed by atoms with van der Waals surface area (Å²) in [6.07, 6.45) is -4.39. The lowest BCUT2D eigenvalue weighted by molar-refractivity contribution is -0.153. The molecule has 0 amide bonds. The molecule has 2 nitrogen and oxygen atoms in total. The van der Waals surface area contributed by atoms with Gasteiger partial charge in [0.2, 0.25) is 0 Å². The summed E-state index contributed by atoms with van der Waals surface area (Å²) in [5.74, 6) is 0.0611. The second-order valence-electron chi connectivity index (χ2n) is 3.99. The van der Waals surface area contributed by atoms with Crippen molar-refractivity contribution in [2.24, 2.45) is 0 Å². The molecule has 2 N–H and O–H groups in total. The minimum atomic E-state index is -4.39. The second kappa shape index (κ2) is 5.22. The van der Waals surface area contributed by atoms with Gasteiger partial charge in [0, 0.05) is 5.56 Å². The van der Waals surface area contributed by atoms with Gasteiger partial charge < -0.3 is 10.5 Å².